The molecule has 0 amide bonds. The summed E-state index contributed by atoms with van der Waals surface area (Å²) < 4.78 is 6.33. The largest absolute Gasteiger partial charge is 0.455 e. The number of hydrogen-bond acceptors (Lipinski definition) is 4. The van der Waals surface area contributed by atoms with Gasteiger partial charge < -0.3 is 9.40 Å². The molecule has 0 saturated carbocycles. The van der Waals surface area contributed by atoms with Crippen molar-refractivity contribution in [3.05, 3.63) is 140 Å². The molecule has 3 aromatic heterocycles. The van der Waals surface area contributed by atoms with Crippen molar-refractivity contribution >= 4 is 21.9 Å². The van der Waals surface area contributed by atoms with Gasteiger partial charge in [-0.2, -0.15) is 0 Å². The molecular weight excluding hydrogens is 516 g/mol. The number of imidazole rings is 1. The molecule has 3 heterocycles. The first-order chi connectivity index (χ1) is 20.8. The molecule has 0 aliphatic rings. The van der Waals surface area contributed by atoms with Gasteiger partial charge in [0.1, 0.15) is 16.9 Å². The molecule has 42 heavy (non-hydrogen) atoms. The molecule has 0 aliphatic carbocycles. The fourth-order valence-corrected chi connectivity index (χ4v) is 5.53. The van der Waals surface area contributed by atoms with Gasteiger partial charge in [0, 0.05) is 27.5 Å². The zero-order chi connectivity index (χ0) is 27.9. The SMILES string of the molecule is c1ccc(-c2ccc(-c3cc(-c4cccc(-c5cccc6c5oc5ccccc56)c4)nc(-c4cnc[nH]4)n3)cc2)cc1. The van der Waals surface area contributed by atoms with Crippen molar-refractivity contribution in [3.63, 3.8) is 0 Å². The molecule has 0 fully saturated rings. The van der Waals surface area contributed by atoms with E-state index >= 15 is 0 Å². The maximum absolute atomic E-state index is 6.33. The molecule has 198 valence electrons. The molecule has 5 nitrogen and oxygen atoms in total. The van der Waals surface area contributed by atoms with E-state index in [1.807, 2.05) is 24.3 Å². The summed E-state index contributed by atoms with van der Waals surface area (Å²) in [5, 5.41) is 2.23. The summed E-state index contributed by atoms with van der Waals surface area (Å²) >= 11 is 0. The van der Waals surface area contributed by atoms with Crippen LogP contribution in [0, 0.1) is 0 Å². The van der Waals surface area contributed by atoms with Crippen LogP contribution in [0.15, 0.2) is 144 Å². The smallest absolute Gasteiger partial charge is 0.178 e. The van der Waals surface area contributed by atoms with Crippen LogP contribution in [0.1, 0.15) is 0 Å². The van der Waals surface area contributed by atoms with Gasteiger partial charge in [-0.3, -0.25) is 0 Å². The van der Waals surface area contributed by atoms with Gasteiger partial charge in [0.05, 0.1) is 23.9 Å². The lowest BCUT2D eigenvalue weighted by molar-refractivity contribution is 0.670. The van der Waals surface area contributed by atoms with Crippen LogP contribution in [0.5, 0.6) is 0 Å². The van der Waals surface area contributed by atoms with Crippen molar-refractivity contribution in [1.29, 1.82) is 0 Å². The molecule has 5 heteroatoms. The molecule has 0 radical (unpaired) electrons. The number of para-hydroxylation sites is 2. The average Bonchev–Trinajstić information content (AvgIpc) is 3.74. The maximum Gasteiger partial charge on any atom is 0.178 e. The Morgan fingerprint density at radius 2 is 1.19 bits per heavy atom. The Balaban J connectivity index is 1.24. The Morgan fingerprint density at radius 3 is 2.02 bits per heavy atom. The predicted octanol–water partition coefficient (Wildman–Crippen LogP) is 9.43. The minimum absolute atomic E-state index is 0.594. The number of rotatable bonds is 5. The third-order valence-electron chi connectivity index (χ3n) is 7.63. The lowest BCUT2D eigenvalue weighted by Crippen LogP contribution is -1.96. The first kappa shape index (κ1) is 24.0. The molecular formula is C37H24N4O. The van der Waals surface area contributed by atoms with Crippen LogP contribution in [-0.4, -0.2) is 19.9 Å². The highest BCUT2D eigenvalue weighted by Crippen LogP contribution is 2.37. The quantitative estimate of drug-likeness (QED) is 0.236. The van der Waals surface area contributed by atoms with Gasteiger partial charge >= 0.3 is 0 Å². The standard InChI is InChI=1S/C37H24N4O/c1-2-8-24(9-3-1)25-16-18-26(19-17-25)32-21-33(41-37(40-32)34-22-38-23-39-34)28-11-6-10-27(20-28)29-13-7-14-31-30-12-4-5-15-35(30)42-36(29)31/h1-23H,(H,38,39). The van der Waals surface area contributed by atoms with Crippen LogP contribution >= 0.6 is 0 Å². The van der Waals surface area contributed by atoms with E-state index in [0.29, 0.717) is 5.82 Å². The van der Waals surface area contributed by atoms with Crippen LogP contribution in [0.25, 0.3) is 78.2 Å². The van der Waals surface area contributed by atoms with Gasteiger partial charge in [0.2, 0.25) is 0 Å². The predicted molar refractivity (Wildman–Crippen MR) is 169 cm³/mol. The zero-order valence-corrected chi connectivity index (χ0v) is 22.5. The van der Waals surface area contributed by atoms with Gasteiger partial charge in [-0.1, -0.05) is 109 Å². The highest BCUT2D eigenvalue weighted by molar-refractivity contribution is 6.09. The minimum Gasteiger partial charge on any atom is -0.455 e. The van der Waals surface area contributed by atoms with Gasteiger partial charge in [-0.25, -0.2) is 15.0 Å². The van der Waals surface area contributed by atoms with E-state index in [4.69, 9.17) is 14.4 Å². The van der Waals surface area contributed by atoms with Gasteiger partial charge in [-0.15, -0.1) is 0 Å². The van der Waals surface area contributed by atoms with Gasteiger partial charge in [0.25, 0.3) is 0 Å². The number of nitrogens with zero attached hydrogens (tertiary/aromatic N) is 3. The fraction of sp³-hybridized carbons (Fsp3) is 0. The third kappa shape index (κ3) is 4.25. The van der Waals surface area contributed by atoms with Crippen LogP contribution in [-0.2, 0) is 0 Å². The second-order valence-corrected chi connectivity index (χ2v) is 10.2. The van der Waals surface area contributed by atoms with Crippen LogP contribution in [0.3, 0.4) is 0 Å². The highest BCUT2D eigenvalue weighted by Gasteiger charge is 2.15. The highest BCUT2D eigenvalue weighted by atomic mass is 16.3. The number of fused-ring (bicyclic) bond motifs is 3. The molecule has 1 N–H and O–H groups in total. The Labute approximate surface area is 242 Å². The maximum atomic E-state index is 6.33. The summed E-state index contributed by atoms with van der Waals surface area (Å²) in [7, 11) is 0. The lowest BCUT2D eigenvalue weighted by Gasteiger charge is -2.10. The lowest BCUT2D eigenvalue weighted by atomic mass is 9.98. The summed E-state index contributed by atoms with van der Waals surface area (Å²) in [5.74, 6) is 0.594. The monoisotopic (exact) mass is 540 g/mol. The summed E-state index contributed by atoms with van der Waals surface area (Å²) in [6, 6.07) is 43.9. The summed E-state index contributed by atoms with van der Waals surface area (Å²) in [6.45, 7) is 0. The van der Waals surface area contributed by atoms with E-state index in [2.05, 4.69) is 113 Å². The van der Waals surface area contributed by atoms with E-state index in [-0.39, 0.29) is 0 Å². The number of furan rings is 1. The Kier molecular flexibility index (Phi) is 5.71. The molecule has 8 rings (SSSR count). The van der Waals surface area contributed by atoms with Crippen molar-refractivity contribution in [2.45, 2.75) is 0 Å². The van der Waals surface area contributed by atoms with Crippen molar-refractivity contribution < 1.29 is 4.42 Å². The summed E-state index contributed by atoms with van der Waals surface area (Å²) in [6.07, 6.45) is 3.40. The fourth-order valence-electron chi connectivity index (χ4n) is 5.53. The Morgan fingerprint density at radius 1 is 0.524 bits per heavy atom. The van der Waals surface area contributed by atoms with Crippen molar-refractivity contribution in [3.8, 4) is 56.3 Å². The molecule has 0 spiro atoms. The van der Waals surface area contributed by atoms with Crippen molar-refractivity contribution in [1.82, 2.24) is 19.9 Å². The van der Waals surface area contributed by atoms with Crippen molar-refractivity contribution in [2.24, 2.45) is 0 Å². The molecule has 0 saturated heterocycles. The van der Waals surface area contributed by atoms with Crippen LogP contribution in [0.4, 0.5) is 0 Å². The normalized spacial score (nSPS) is 11.3. The second-order valence-electron chi connectivity index (χ2n) is 10.2. The van der Waals surface area contributed by atoms with E-state index in [0.717, 1.165) is 66.8 Å². The zero-order valence-electron chi connectivity index (χ0n) is 22.5. The Bertz CT molecular complexity index is 2180. The number of nitrogens with one attached hydrogen (secondary N) is 1. The molecule has 8 aromatic rings. The van der Waals surface area contributed by atoms with Gasteiger partial charge in [0.15, 0.2) is 5.82 Å². The van der Waals surface area contributed by atoms with Crippen LogP contribution < -0.4 is 0 Å². The first-order valence-electron chi connectivity index (χ1n) is 13.8. The van der Waals surface area contributed by atoms with E-state index < -0.39 is 0 Å². The minimum atomic E-state index is 0.594. The average molecular weight is 541 g/mol. The first-order valence-corrected chi connectivity index (χ1v) is 13.8. The Hall–Kier alpha value is -5.81. The van der Waals surface area contributed by atoms with E-state index in [1.165, 1.54) is 5.56 Å². The molecule has 0 bridgehead atoms. The number of hydrogen-bond donors (Lipinski definition) is 1. The summed E-state index contributed by atoms with van der Waals surface area (Å²) in [4.78, 5) is 17.3. The van der Waals surface area contributed by atoms with E-state index in [9.17, 15) is 0 Å². The summed E-state index contributed by atoms with van der Waals surface area (Å²) in [5.41, 5.74) is 10.7. The number of aromatic amines is 1. The number of aromatic nitrogens is 4. The van der Waals surface area contributed by atoms with Gasteiger partial charge in [-0.05, 0) is 34.9 Å². The number of H-pyrrole nitrogens is 1. The van der Waals surface area contributed by atoms with E-state index in [1.54, 1.807) is 12.5 Å². The van der Waals surface area contributed by atoms with Crippen molar-refractivity contribution in [2.75, 3.05) is 0 Å². The topological polar surface area (TPSA) is 67.6 Å². The number of benzene rings is 5. The third-order valence-corrected chi connectivity index (χ3v) is 7.63. The molecule has 0 unspecified atom stereocenters. The molecule has 0 aliphatic heterocycles. The second kappa shape index (κ2) is 9.98. The molecule has 5 aromatic carbocycles. The van der Waals surface area contributed by atoms with Crippen LogP contribution in [0.2, 0.25) is 0 Å². The molecule has 0 atom stereocenters.